The van der Waals surface area contributed by atoms with E-state index >= 15 is 0 Å². The topological polar surface area (TPSA) is 89.9 Å². The molecular weight excluding hydrogens is 284 g/mol. The monoisotopic (exact) mass is 298 g/mol. The van der Waals surface area contributed by atoms with Crippen LogP contribution in [0.1, 0.15) is 19.3 Å². The molecule has 3 atom stereocenters. The van der Waals surface area contributed by atoms with E-state index in [4.69, 9.17) is 14.0 Å². The van der Waals surface area contributed by atoms with Crippen LogP contribution in [-0.2, 0) is 19.6 Å². The average molecular weight is 298 g/mol. The normalized spacial score (nSPS) is 28.6. The number of carbonyl (C=O) groups excluding carboxylic acids is 1. The van der Waals surface area contributed by atoms with Crippen molar-refractivity contribution in [2.24, 2.45) is 5.92 Å². The SMILES string of the molecule is O=C(Oc1ccc(S(=O)(=O)O)cc1)C1CC2CCC1O2. The molecule has 0 aromatic heterocycles. The van der Waals surface area contributed by atoms with Crippen molar-refractivity contribution in [3.8, 4) is 5.75 Å². The van der Waals surface area contributed by atoms with E-state index in [2.05, 4.69) is 0 Å². The minimum absolute atomic E-state index is 0.0513. The Kier molecular flexibility index (Phi) is 3.27. The van der Waals surface area contributed by atoms with Crippen LogP contribution in [-0.4, -0.2) is 31.1 Å². The molecule has 0 saturated carbocycles. The predicted molar refractivity (Wildman–Crippen MR) is 67.9 cm³/mol. The van der Waals surface area contributed by atoms with Crippen LogP contribution < -0.4 is 4.74 Å². The number of hydrogen-bond acceptors (Lipinski definition) is 5. The number of esters is 1. The molecule has 1 aromatic rings. The molecule has 0 amide bonds. The molecule has 3 unspecified atom stereocenters. The molecule has 0 aliphatic carbocycles. The summed E-state index contributed by atoms with van der Waals surface area (Å²) in [4.78, 5) is 11.8. The van der Waals surface area contributed by atoms with Gasteiger partial charge in [0.15, 0.2) is 0 Å². The number of benzene rings is 1. The fraction of sp³-hybridized carbons (Fsp3) is 0.462. The molecular formula is C13H14O6S. The Morgan fingerprint density at radius 1 is 1.25 bits per heavy atom. The number of fused-ring (bicyclic) bond motifs is 2. The van der Waals surface area contributed by atoms with Crippen molar-refractivity contribution >= 4 is 16.1 Å². The van der Waals surface area contributed by atoms with Gasteiger partial charge < -0.3 is 9.47 Å². The van der Waals surface area contributed by atoms with Gasteiger partial charge in [-0.2, -0.15) is 8.42 Å². The second-order valence-electron chi connectivity index (χ2n) is 5.08. The molecule has 2 bridgehead atoms. The second-order valence-corrected chi connectivity index (χ2v) is 6.51. The Morgan fingerprint density at radius 2 is 1.95 bits per heavy atom. The molecule has 3 rings (SSSR count). The van der Waals surface area contributed by atoms with Gasteiger partial charge in [0, 0.05) is 0 Å². The Labute approximate surface area is 116 Å². The van der Waals surface area contributed by atoms with Gasteiger partial charge in [0.2, 0.25) is 0 Å². The van der Waals surface area contributed by atoms with Crippen molar-refractivity contribution in [3.63, 3.8) is 0 Å². The maximum absolute atomic E-state index is 12.0. The third-order valence-electron chi connectivity index (χ3n) is 3.75. The van der Waals surface area contributed by atoms with Crippen LogP contribution in [0.15, 0.2) is 29.2 Å². The molecule has 2 heterocycles. The highest BCUT2D eigenvalue weighted by Crippen LogP contribution is 2.39. The molecule has 2 fully saturated rings. The number of rotatable bonds is 3. The first kappa shape index (κ1) is 13.5. The van der Waals surface area contributed by atoms with Gasteiger partial charge in [0.25, 0.3) is 10.1 Å². The number of hydrogen-bond donors (Lipinski definition) is 1. The largest absolute Gasteiger partial charge is 0.426 e. The average Bonchev–Trinajstić information content (AvgIpc) is 3.00. The van der Waals surface area contributed by atoms with Crippen molar-refractivity contribution in [2.75, 3.05) is 0 Å². The molecule has 2 saturated heterocycles. The molecule has 0 radical (unpaired) electrons. The Hall–Kier alpha value is -1.44. The fourth-order valence-electron chi connectivity index (χ4n) is 2.76. The van der Waals surface area contributed by atoms with Crippen LogP contribution >= 0.6 is 0 Å². The van der Waals surface area contributed by atoms with Gasteiger partial charge in [-0.05, 0) is 43.5 Å². The van der Waals surface area contributed by atoms with E-state index in [0.717, 1.165) is 12.8 Å². The summed E-state index contributed by atoms with van der Waals surface area (Å²) < 4.78 is 41.5. The fourth-order valence-corrected chi connectivity index (χ4v) is 3.24. The van der Waals surface area contributed by atoms with Crippen molar-refractivity contribution < 1.29 is 27.2 Å². The lowest BCUT2D eigenvalue weighted by Crippen LogP contribution is -2.29. The Bertz CT molecular complexity index is 621. The third-order valence-corrected chi connectivity index (χ3v) is 4.62. The van der Waals surface area contributed by atoms with E-state index in [0.29, 0.717) is 6.42 Å². The van der Waals surface area contributed by atoms with Crippen molar-refractivity contribution in [1.29, 1.82) is 0 Å². The van der Waals surface area contributed by atoms with Crippen LogP contribution in [0, 0.1) is 5.92 Å². The summed E-state index contributed by atoms with van der Waals surface area (Å²) in [6.45, 7) is 0. The summed E-state index contributed by atoms with van der Waals surface area (Å²) in [5, 5.41) is 0. The number of ether oxygens (including phenoxy) is 2. The molecule has 108 valence electrons. The van der Waals surface area contributed by atoms with Crippen molar-refractivity contribution in [3.05, 3.63) is 24.3 Å². The first-order chi connectivity index (χ1) is 9.43. The summed E-state index contributed by atoms with van der Waals surface area (Å²) in [7, 11) is -4.23. The first-order valence-corrected chi connectivity index (χ1v) is 7.82. The van der Waals surface area contributed by atoms with Crippen molar-refractivity contribution in [2.45, 2.75) is 36.4 Å². The summed E-state index contributed by atoms with van der Waals surface area (Å²) >= 11 is 0. The lowest BCUT2D eigenvalue weighted by atomic mass is 9.89. The maximum Gasteiger partial charge on any atom is 0.317 e. The lowest BCUT2D eigenvalue weighted by molar-refractivity contribution is -0.140. The van der Waals surface area contributed by atoms with Crippen LogP contribution in [0.3, 0.4) is 0 Å². The van der Waals surface area contributed by atoms with Crippen LogP contribution in [0.25, 0.3) is 0 Å². The van der Waals surface area contributed by atoms with Gasteiger partial charge in [-0.25, -0.2) is 0 Å². The zero-order valence-corrected chi connectivity index (χ0v) is 11.4. The highest BCUT2D eigenvalue weighted by Gasteiger charge is 2.45. The van der Waals surface area contributed by atoms with Gasteiger partial charge in [0.1, 0.15) is 5.75 Å². The number of carbonyl (C=O) groups is 1. The predicted octanol–water partition coefficient (Wildman–Crippen LogP) is 1.41. The van der Waals surface area contributed by atoms with E-state index in [1.165, 1.54) is 24.3 Å². The van der Waals surface area contributed by atoms with Crippen molar-refractivity contribution in [1.82, 2.24) is 0 Å². The van der Waals surface area contributed by atoms with Crippen LogP contribution in [0.2, 0.25) is 0 Å². The standard InChI is InChI=1S/C13H14O6S/c14-13(11-7-9-3-6-12(11)18-9)19-8-1-4-10(5-2-8)20(15,16)17/h1-2,4-5,9,11-12H,3,6-7H2,(H,15,16,17). The molecule has 1 aromatic carbocycles. The van der Waals surface area contributed by atoms with Crippen LogP contribution in [0.5, 0.6) is 5.75 Å². The molecule has 2 aliphatic rings. The smallest absolute Gasteiger partial charge is 0.317 e. The third kappa shape index (κ3) is 2.56. The molecule has 7 heteroatoms. The Morgan fingerprint density at radius 3 is 2.45 bits per heavy atom. The highest BCUT2D eigenvalue weighted by atomic mass is 32.2. The maximum atomic E-state index is 12.0. The molecule has 1 N–H and O–H groups in total. The first-order valence-electron chi connectivity index (χ1n) is 6.38. The molecule has 20 heavy (non-hydrogen) atoms. The summed E-state index contributed by atoms with van der Waals surface area (Å²) in [5.41, 5.74) is 0. The summed E-state index contributed by atoms with van der Waals surface area (Å²) in [5.74, 6) is -0.336. The lowest BCUT2D eigenvalue weighted by Gasteiger charge is -2.16. The minimum atomic E-state index is -4.23. The zero-order valence-electron chi connectivity index (χ0n) is 10.6. The zero-order chi connectivity index (χ0) is 14.3. The highest BCUT2D eigenvalue weighted by molar-refractivity contribution is 7.85. The van der Waals surface area contributed by atoms with Gasteiger partial charge in [-0.1, -0.05) is 0 Å². The Balaban J connectivity index is 1.67. The van der Waals surface area contributed by atoms with Crippen LogP contribution in [0.4, 0.5) is 0 Å². The van der Waals surface area contributed by atoms with Gasteiger partial charge >= 0.3 is 5.97 Å². The van der Waals surface area contributed by atoms with Gasteiger partial charge in [-0.15, -0.1) is 0 Å². The quantitative estimate of drug-likeness (QED) is 0.515. The summed E-state index contributed by atoms with van der Waals surface area (Å²) in [6, 6.07) is 5.06. The van der Waals surface area contributed by atoms with E-state index < -0.39 is 10.1 Å². The van der Waals surface area contributed by atoms with E-state index in [1.807, 2.05) is 0 Å². The van der Waals surface area contributed by atoms with E-state index in [-0.39, 0.29) is 34.7 Å². The van der Waals surface area contributed by atoms with E-state index in [9.17, 15) is 13.2 Å². The van der Waals surface area contributed by atoms with Gasteiger partial charge in [0.05, 0.1) is 23.0 Å². The summed E-state index contributed by atoms with van der Waals surface area (Å²) in [6.07, 6.45) is 2.68. The molecule has 6 nitrogen and oxygen atoms in total. The molecule has 2 aliphatic heterocycles. The van der Waals surface area contributed by atoms with Gasteiger partial charge in [-0.3, -0.25) is 9.35 Å². The van der Waals surface area contributed by atoms with E-state index in [1.54, 1.807) is 0 Å². The molecule has 0 spiro atoms. The minimum Gasteiger partial charge on any atom is -0.426 e. The second kappa shape index (κ2) is 4.83.